The van der Waals surface area contributed by atoms with Gasteiger partial charge in [-0.15, -0.1) is 0 Å². The third-order valence-corrected chi connectivity index (χ3v) is 16.3. The number of phosphoric ester groups is 2. The number of carbonyl (C=O) groups is 4. The van der Waals surface area contributed by atoms with Crippen LogP contribution in [0, 0.1) is 0 Å². The first-order chi connectivity index (χ1) is 48.7. The average molecular weight is 1440 g/mol. The fourth-order valence-electron chi connectivity index (χ4n) is 8.87. The van der Waals surface area contributed by atoms with Gasteiger partial charge in [0.15, 0.2) is 12.2 Å². The fourth-order valence-corrected chi connectivity index (χ4v) is 10.4. The normalized spacial score (nSPS) is 15.0. The second-order valence-electron chi connectivity index (χ2n) is 23.8. The molecule has 0 aliphatic rings. The van der Waals surface area contributed by atoms with E-state index in [-0.39, 0.29) is 25.7 Å². The minimum Gasteiger partial charge on any atom is -0.462 e. The summed E-state index contributed by atoms with van der Waals surface area (Å²) in [5, 5.41) is 10.6. The van der Waals surface area contributed by atoms with E-state index >= 15 is 0 Å². The van der Waals surface area contributed by atoms with Crippen molar-refractivity contribution in [1.82, 2.24) is 0 Å². The van der Waals surface area contributed by atoms with Gasteiger partial charge in [-0.25, -0.2) is 9.13 Å². The second kappa shape index (κ2) is 71.6. The number of allylic oxidation sites excluding steroid dienone is 28. The number of unbranched alkanes of at least 4 members (excludes halogenated alkanes) is 13. The topological polar surface area (TPSA) is 237 Å². The molecule has 0 fully saturated rings. The Hall–Kier alpha value is -5.84. The van der Waals surface area contributed by atoms with Crippen molar-refractivity contribution in [3.8, 4) is 0 Å². The number of ether oxygens (including phenoxy) is 4. The Balaban J connectivity index is 5.48. The van der Waals surface area contributed by atoms with Gasteiger partial charge in [-0.05, 0) is 135 Å². The Kier molecular flexibility index (Phi) is 67.4. The Morgan fingerprint density at radius 1 is 0.300 bits per heavy atom. The van der Waals surface area contributed by atoms with Gasteiger partial charge < -0.3 is 33.8 Å². The smallest absolute Gasteiger partial charge is 0.462 e. The minimum absolute atomic E-state index is 0.0696. The number of carbonyl (C=O) groups excluding carboxylic acids is 4. The van der Waals surface area contributed by atoms with Gasteiger partial charge in [-0.2, -0.15) is 0 Å². The van der Waals surface area contributed by atoms with Gasteiger partial charge in [0.25, 0.3) is 0 Å². The Morgan fingerprint density at radius 2 is 0.570 bits per heavy atom. The van der Waals surface area contributed by atoms with Crippen molar-refractivity contribution in [1.29, 1.82) is 0 Å². The third-order valence-electron chi connectivity index (χ3n) is 14.4. The molecule has 0 bridgehead atoms. The van der Waals surface area contributed by atoms with Crippen LogP contribution in [0.3, 0.4) is 0 Å². The third kappa shape index (κ3) is 70.6. The van der Waals surface area contributed by atoms with Crippen LogP contribution in [0.2, 0.25) is 0 Å². The molecule has 5 atom stereocenters. The Morgan fingerprint density at radius 3 is 0.940 bits per heavy atom. The molecular weight excluding hydrogens is 1310 g/mol. The Bertz CT molecular complexity index is 2620. The first-order valence-corrected chi connectivity index (χ1v) is 40.0. The summed E-state index contributed by atoms with van der Waals surface area (Å²) in [4.78, 5) is 72.6. The molecule has 5 unspecified atom stereocenters. The summed E-state index contributed by atoms with van der Waals surface area (Å²) in [6.07, 6.45) is 85.3. The maximum atomic E-state index is 13.1. The lowest BCUT2D eigenvalue weighted by Gasteiger charge is -2.21. The summed E-state index contributed by atoms with van der Waals surface area (Å²) in [6.45, 7) is 4.18. The molecule has 0 amide bonds. The van der Waals surface area contributed by atoms with Crippen LogP contribution in [0.25, 0.3) is 0 Å². The monoisotopic (exact) mass is 1430 g/mol. The van der Waals surface area contributed by atoms with Crippen molar-refractivity contribution in [2.45, 2.75) is 264 Å². The van der Waals surface area contributed by atoms with E-state index in [9.17, 15) is 43.2 Å². The summed E-state index contributed by atoms with van der Waals surface area (Å²) in [6, 6.07) is 0. The van der Waals surface area contributed by atoms with Crippen molar-refractivity contribution >= 4 is 39.5 Å². The number of aliphatic hydroxyl groups is 1. The van der Waals surface area contributed by atoms with Crippen LogP contribution in [-0.4, -0.2) is 96.7 Å². The van der Waals surface area contributed by atoms with E-state index in [0.29, 0.717) is 25.7 Å². The molecule has 564 valence electrons. The number of hydrogen-bond donors (Lipinski definition) is 3. The van der Waals surface area contributed by atoms with Crippen molar-refractivity contribution < 1.29 is 80.2 Å². The average Bonchev–Trinajstić information content (AvgIpc) is 0.966. The molecule has 0 aliphatic heterocycles. The molecule has 0 spiro atoms. The number of hydrogen-bond acceptors (Lipinski definition) is 15. The zero-order valence-electron chi connectivity index (χ0n) is 61.3. The number of aliphatic hydroxyl groups excluding tert-OH is 1. The zero-order chi connectivity index (χ0) is 73.2. The van der Waals surface area contributed by atoms with Crippen molar-refractivity contribution in [3.05, 3.63) is 182 Å². The minimum atomic E-state index is -5.03. The molecule has 0 aromatic carbocycles. The van der Waals surface area contributed by atoms with Crippen LogP contribution in [0.15, 0.2) is 182 Å². The maximum absolute atomic E-state index is 13.1. The summed E-state index contributed by atoms with van der Waals surface area (Å²) in [5.41, 5.74) is 0. The van der Waals surface area contributed by atoms with Crippen LogP contribution in [-0.2, 0) is 65.4 Å². The molecule has 3 N–H and O–H groups in total. The highest BCUT2D eigenvalue weighted by atomic mass is 31.2. The summed E-state index contributed by atoms with van der Waals surface area (Å²) >= 11 is 0. The van der Waals surface area contributed by atoms with E-state index in [1.807, 2.05) is 24.3 Å². The van der Waals surface area contributed by atoms with Crippen LogP contribution < -0.4 is 0 Å². The molecule has 0 aromatic rings. The molecule has 0 saturated carbocycles. The number of esters is 4. The molecule has 0 heterocycles. The highest BCUT2D eigenvalue weighted by molar-refractivity contribution is 7.47. The van der Waals surface area contributed by atoms with Crippen LogP contribution in [0.1, 0.15) is 246 Å². The molecule has 0 aliphatic carbocycles. The van der Waals surface area contributed by atoms with Gasteiger partial charge in [0.2, 0.25) is 0 Å². The molecule has 0 rings (SSSR count). The van der Waals surface area contributed by atoms with E-state index in [1.54, 1.807) is 24.3 Å². The predicted octanol–water partition coefficient (Wildman–Crippen LogP) is 21.2. The van der Waals surface area contributed by atoms with Crippen molar-refractivity contribution in [3.63, 3.8) is 0 Å². The number of rotatable bonds is 67. The lowest BCUT2D eigenvalue weighted by molar-refractivity contribution is -0.161. The van der Waals surface area contributed by atoms with E-state index in [4.69, 9.17) is 37.0 Å². The predicted molar refractivity (Wildman–Crippen MR) is 408 cm³/mol. The summed E-state index contributed by atoms with van der Waals surface area (Å²) in [7, 11) is -10.0. The first kappa shape index (κ1) is 94.2. The van der Waals surface area contributed by atoms with Crippen LogP contribution in [0.5, 0.6) is 0 Å². The molecule has 0 radical (unpaired) electrons. The lowest BCUT2D eigenvalue weighted by Crippen LogP contribution is -2.30. The van der Waals surface area contributed by atoms with Gasteiger partial charge in [-0.1, -0.05) is 268 Å². The lowest BCUT2D eigenvalue weighted by atomic mass is 10.1. The van der Waals surface area contributed by atoms with Gasteiger partial charge in [0.1, 0.15) is 19.3 Å². The van der Waals surface area contributed by atoms with Gasteiger partial charge >= 0.3 is 39.5 Å². The van der Waals surface area contributed by atoms with Gasteiger partial charge in [0.05, 0.1) is 39.3 Å². The number of phosphoric acid groups is 2. The molecule has 19 heteroatoms. The summed E-state index contributed by atoms with van der Waals surface area (Å²) < 4.78 is 68.1. The molecule has 100 heavy (non-hydrogen) atoms. The standard InChI is InChI=1S/C81H128O17P2/c1-5-9-13-17-21-25-29-32-35-36-37-38-41-43-47-50-54-58-62-66-79(84)91-71-76(97-80(85)67-63-59-55-51-45-28-24-20-16-12-8-4)73-95-99(87,88)93-69-75(82)70-94-100(89,90)96-74-77(98-81(86)68-64-60-56-52-48-44-40-34-31-27-23-19-15-11-7-3)72-92-78(83)65-61-57-53-49-46-42-39-33-30-26-22-18-14-10-6-2/h9-11,13-15,20-27,32-35,37-40,46,48-49,52,57,60-61,64,75-77,82H,5-8,12,16-19,28-31,36,41-45,47,50-51,53-56,58-59,62-63,65-74H2,1-4H3,(H,87,88)(H,89,90)/b13-9-,14-10-,15-11-,24-20-,25-21-,26-22-,27-23-,35-32-,38-37-,39-33-,40-34-,49-46-,52-48-,61-57-,64-60-. The molecule has 0 saturated heterocycles. The summed E-state index contributed by atoms with van der Waals surface area (Å²) in [5.74, 6) is -2.52. The maximum Gasteiger partial charge on any atom is 0.472 e. The Labute approximate surface area is 603 Å². The van der Waals surface area contributed by atoms with Gasteiger partial charge in [0, 0.05) is 12.8 Å². The van der Waals surface area contributed by atoms with Crippen molar-refractivity contribution in [2.75, 3.05) is 39.6 Å². The molecular formula is C81H128O17P2. The zero-order valence-corrected chi connectivity index (χ0v) is 63.1. The quantitative estimate of drug-likeness (QED) is 0.0169. The van der Waals surface area contributed by atoms with Gasteiger partial charge in [-0.3, -0.25) is 37.3 Å². The molecule has 17 nitrogen and oxygen atoms in total. The molecule has 0 aromatic heterocycles. The van der Waals surface area contributed by atoms with Crippen LogP contribution in [0.4, 0.5) is 0 Å². The highest BCUT2D eigenvalue weighted by Crippen LogP contribution is 2.45. The second-order valence-corrected chi connectivity index (χ2v) is 26.7. The van der Waals surface area contributed by atoms with Crippen LogP contribution >= 0.6 is 15.6 Å². The van der Waals surface area contributed by atoms with Crippen molar-refractivity contribution in [2.24, 2.45) is 0 Å². The van der Waals surface area contributed by atoms with E-state index in [1.165, 1.54) is 6.42 Å². The first-order valence-electron chi connectivity index (χ1n) is 37.0. The highest BCUT2D eigenvalue weighted by Gasteiger charge is 2.30. The van der Waals surface area contributed by atoms with E-state index in [0.717, 1.165) is 161 Å². The SMILES string of the molecule is CC/C=C\C/C=C\C/C=C\C/C=C\C/C=C\CC(=O)OCC(COP(=O)(O)OCC(O)COP(=O)(O)OCC(COC(=O)CCCCCCCC/C=C\C/C=C\C/C=C\C/C=C\CC)OC(=O)CCCCCCC/C=C\CCCC)OC(=O)C/C=C\C/C=C\C/C=C\C/C=C\C/C=C\CC. The van der Waals surface area contributed by atoms with E-state index in [2.05, 4.69) is 161 Å². The largest absolute Gasteiger partial charge is 0.472 e. The van der Waals surface area contributed by atoms with E-state index < -0.39 is 97.5 Å². The fraction of sp³-hybridized carbons (Fsp3) is 0.580.